The molecule has 0 saturated carbocycles. The maximum Gasteiger partial charge on any atom is 0.263 e. The molecule has 16 bridgehead atoms. The van der Waals surface area contributed by atoms with Crippen molar-refractivity contribution >= 4 is 74.9 Å². The lowest BCUT2D eigenvalue weighted by Gasteiger charge is -2.19. The topological polar surface area (TPSA) is 193 Å². The third kappa shape index (κ3) is 10.9. The number of aromatic nitrogens is 4. The summed E-state index contributed by atoms with van der Waals surface area (Å²) in [5.74, 6) is 1.06. The molecule has 0 amide bonds. The quantitative estimate of drug-likeness (QED) is 0.0521. The first-order chi connectivity index (χ1) is 37.7. The summed E-state index contributed by atoms with van der Waals surface area (Å²) in [7, 11) is 0. The van der Waals surface area contributed by atoms with Gasteiger partial charge in [0.25, 0.3) is 44.5 Å². The van der Waals surface area contributed by atoms with Gasteiger partial charge >= 0.3 is 0 Å². The molecule has 18 rings (SSSR count). The Hall–Kier alpha value is -6.40. The Morgan fingerprint density at radius 3 is 0.821 bits per heavy atom. The van der Waals surface area contributed by atoms with Crippen LogP contribution in [-0.4, -0.2) is 44.7 Å². The minimum atomic E-state index is -0.720. The molecule has 18 heteroatoms. The van der Waals surface area contributed by atoms with Crippen LogP contribution in [0.1, 0.15) is 153 Å². The molecule has 0 N–H and O–H groups in total. The maximum absolute atomic E-state index is 14.9. The number of hydrogen-bond donors (Lipinski definition) is 0. The fraction of sp³-hybridized carbons (Fsp3) is 0.467. The van der Waals surface area contributed by atoms with Crippen molar-refractivity contribution < 1.29 is 18.9 Å². The predicted octanol–water partition coefficient (Wildman–Crippen LogP) is 10.0. The van der Waals surface area contributed by atoms with Crippen LogP contribution in [0, 0.1) is 0 Å². The molecule has 0 aliphatic carbocycles. The summed E-state index contributed by atoms with van der Waals surface area (Å²) in [6.45, 7) is 8.27. The van der Waals surface area contributed by atoms with Gasteiger partial charge in [0.05, 0.1) is 107 Å². The van der Waals surface area contributed by atoms with Crippen LogP contribution < -0.4 is 63.4 Å². The maximum atomic E-state index is 14.9. The number of halogens is 2. The van der Waals surface area contributed by atoms with E-state index >= 15 is 0 Å². The second-order valence-corrected chi connectivity index (χ2v) is 22.2. The highest BCUT2D eigenvalue weighted by Crippen LogP contribution is 2.38. The third-order valence-electron chi connectivity index (χ3n) is 15.1. The van der Waals surface area contributed by atoms with Gasteiger partial charge < -0.3 is 18.9 Å². The summed E-state index contributed by atoms with van der Waals surface area (Å²) in [5.41, 5.74) is -3.90. The molecule has 8 aromatic rings. The average Bonchev–Trinajstić information content (AvgIpc) is 4.25. The summed E-state index contributed by atoms with van der Waals surface area (Å²) in [4.78, 5) is 117. The van der Waals surface area contributed by atoms with Crippen molar-refractivity contribution in [3.05, 3.63) is 150 Å². The van der Waals surface area contributed by atoms with Crippen LogP contribution in [0.4, 0.5) is 0 Å². The second-order valence-electron chi connectivity index (χ2n) is 20.6. The molecule has 412 valence electrons. The highest BCUT2D eigenvalue weighted by atomic mass is 79.9. The molecular formula is C60H66Br2N4O12. The van der Waals surface area contributed by atoms with E-state index in [1.54, 1.807) is 24.3 Å². The van der Waals surface area contributed by atoms with Crippen LogP contribution in [0.5, 0.6) is 23.0 Å². The van der Waals surface area contributed by atoms with E-state index in [9.17, 15) is 38.4 Å². The lowest BCUT2D eigenvalue weighted by molar-refractivity contribution is 0.283. The molecule has 10 aliphatic rings. The Labute approximate surface area is 466 Å². The van der Waals surface area contributed by atoms with Gasteiger partial charge in [-0.2, -0.15) is 0 Å². The van der Waals surface area contributed by atoms with Crippen molar-refractivity contribution in [1.82, 2.24) is 18.3 Å². The molecular weight excluding hydrogens is 1130 g/mol. The Morgan fingerprint density at radius 1 is 0.333 bits per heavy atom. The Morgan fingerprint density at radius 2 is 0.577 bits per heavy atom. The first kappa shape index (κ1) is 56.3. The first-order valence-corrected chi connectivity index (χ1v) is 29.3. The Balaban J connectivity index is 1.30. The molecule has 0 spiro atoms. The number of ether oxygens (including phenoxy) is 4. The minimum Gasteiger partial charge on any atom is -0.493 e. The van der Waals surface area contributed by atoms with Crippen molar-refractivity contribution in [2.45, 2.75) is 157 Å². The van der Waals surface area contributed by atoms with Gasteiger partial charge in [0.2, 0.25) is 0 Å². The minimum absolute atomic E-state index is 0.0142. The van der Waals surface area contributed by atoms with Crippen LogP contribution >= 0.6 is 31.9 Å². The summed E-state index contributed by atoms with van der Waals surface area (Å²) in [6, 6.07) is 9.31. The van der Waals surface area contributed by atoms with Gasteiger partial charge in [-0.3, -0.25) is 56.6 Å². The van der Waals surface area contributed by atoms with E-state index in [-0.39, 0.29) is 128 Å². The summed E-state index contributed by atoms with van der Waals surface area (Å²) >= 11 is 7.09. The SMILES string of the molecule is CCCCCCOc1cc2cc(OCCCCCC)c1Cn1c(=O)c3c(Br)c4c(=O)n(c(=O)c4c(Br)c3c1=O)Cc1c(OCCCCCC)cc(cc1OCCCCCC)Cn1c(=O)c3cc4c(=O)n(c(=O)c4cc3c1=O)C2. The van der Waals surface area contributed by atoms with Gasteiger partial charge in [-0.1, -0.05) is 105 Å². The van der Waals surface area contributed by atoms with Crippen LogP contribution in [0.15, 0.2) is 83.7 Å². The molecule has 0 atom stereocenters. The number of unbranched alkanes of at least 4 members (excludes halogenated alkanes) is 12. The monoisotopic (exact) mass is 1190 g/mol. The average molecular weight is 1200 g/mol. The molecule has 4 aromatic heterocycles. The fourth-order valence-corrected chi connectivity index (χ4v) is 12.2. The van der Waals surface area contributed by atoms with E-state index in [2.05, 4.69) is 59.6 Å². The molecule has 0 saturated heterocycles. The second kappa shape index (κ2) is 24.7. The van der Waals surface area contributed by atoms with Crippen molar-refractivity contribution in [1.29, 1.82) is 0 Å². The number of rotatable bonds is 24. The Kier molecular flexibility index (Phi) is 17.9. The zero-order chi connectivity index (χ0) is 55.4. The standard InChI is InChI=1S/C60H66Br2N4O12/c1-5-9-13-17-21-75-43-25-35-26-44(76-22-18-14-10-6-2)41(43)33-65-57(71)47-48(58(65)72)52(62)50-49(51(47)61)59(73)66(60(50)74)34-42-45(77-23-19-15-11-7-3)27-36(28-46(42)78-24-20-16-12-8-4)32-64-55(69)39-29-37-38(30-40(39)56(64)70)54(68)63(31-35)53(37)67/h25-30H,5-24,31-34H2,1-4H3. The molecule has 14 heterocycles. The van der Waals surface area contributed by atoms with E-state index in [1.807, 2.05) is 0 Å². The molecule has 10 aliphatic heterocycles. The van der Waals surface area contributed by atoms with Gasteiger partial charge in [0.1, 0.15) is 23.0 Å². The van der Waals surface area contributed by atoms with E-state index < -0.39 is 44.5 Å². The van der Waals surface area contributed by atoms with Crippen LogP contribution in [0.2, 0.25) is 0 Å². The highest BCUT2D eigenvalue weighted by molar-refractivity contribution is 9.11. The van der Waals surface area contributed by atoms with Crippen molar-refractivity contribution in [2.24, 2.45) is 0 Å². The van der Waals surface area contributed by atoms with E-state index in [1.165, 1.54) is 12.1 Å². The van der Waals surface area contributed by atoms with Gasteiger partial charge in [-0.05, 0) is 105 Å². The van der Waals surface area contributed by atoms with E-state index in [4.69, 9.17) is 18.9 Å². The summed E-state index contributed by atoms with van der Waals surface area (Å²) < 4.78 is 30.2. The molecule has 16 nitrogen and oxygen atoms in total. The number of hydrogen-bond acceptors (Lipinski definition) is 12. The van der Waals surface area contributed by atoms with Crippen LogP contribution in [-0.2, 0) is 26.2 Å². The van der Waals surface area contributed by atoms with Gasteiger partial charge in [0.15, 0.2) is 0 Å². The van der Waals surface area contributed by atoms with E-state index in [0.29, 0.717) is 47.9 Å². The molecule has 4 aromatic carbocycles. The fourth-order valence-electron chi connectivity index (χ4n) is 10.7. The third-order valence-corrected chi connectivity index (χ3v) is 16.7. The molecule has 0 unspecified atom stereocenters. The van der Waals surface area contributed by atoms with Crippen molar-refractivity contribution in [3.63, 3.8) is 0 Å². The van der Waals surface area contributed by atoms with E-state index in [0.717, 1.165) is 95.3 Å². The predicted molar refractivity (Wildman–Crippen MR) is 313 cm³/mol. The van der Waals surface area contributed by atoms with Crippen molar-refractivity contribution in [2.75, 3.05) is 26.4 Å². The highest BCUT2D eigenvalue weighted by Gasteiger charge is 2.30. The lowest BCUT2D eigenvalue weighted by atomic mass is 10.1. The summed E-state index contributed by atoms with van der Waals surface area (Å²) in [6.07, 6.45) is 14.1. The Bertz CT molecular complexity index is 3520. The van der Waals surface area contributed by atoms with Crippen LogP contribution in [0.3, 0.4) is 0 Å². The zero-order valence-corrected chi connectivity index (χ0v) is 48.1. The molecule has 0 radical (unpaired) electrons. The largest absolute Gasteiger partial charge is 0.493 e. The lowest BCUT2D eigenvalue weighted by Crippen LogP contribution is -2.28. The normalized spacial score (nSPS) is 12.7. The van der Waals surface area contributed by atoms with Crippen LogP contribution in [0.25, 0.3) is 43.1 Å². The zero-order valence-electron chi connectivity index (χ0n) is 44.9. The van der Waals surface area contributed by atoms with Gasteiger partial charge in [-0.25, -0.2) is 0 Å². The molecule has 0 fully saturated rings. The number of benzene rings is 4. The first-order valence-electron chi connectivity index (χ1n) is 27.7. The molecule has 78 heavy (non-hydrogen) atoms. The van der Waals surface area contributed by atoms with Gasteiger partial charge in [0, 0.05) is 8.95 Å². The number of nitrogens with zero attached hydrogens (tertiary/aromatic N) is 4. The van der Waals surface area contributed by atoms with Gasteiger partial charge in [-0.15, -0.1) is 0 Å². The van der Waals surface area contributed by atoms with Crippen molar-refractivity contribution in [3.8, 4) is 23.0 Å². The summed E-state index contributed by atoms with van der Waals surface area (Å²) in [5, 5.41) is -0.481. The smallest absolute Gasteiger partial charge is 0.263 e.